The van der Waals surface area contributed by atoms with Gasteiger partial charge in [-0.15, -0.1) is 0 Å². The third-order valence-corrected chi connectivity index (χ3v) is 3.95. The molecule has 0 bridgehead atoms. The maximum Gasteiger partial charge on any atom is 0.303 e. The van der Waals surface area contributed by atoms with Gasteiger partial charge in [0.05, 0.1) is 6.61 Å². The van der Waals surface area contributed by atoms with Crippen molar-refractivity contribution in [2.75, 3.05) is 6.61 Å². The van der Waals surface area contributed by atoms with E-state index in [0.29, 0.717) is 6.42 Å². The monoisotopic (exact) mass is 362 g/mol. The Morgan fingerprint density at radius 1 is 0.792 bits per heavy atom. The molecular formula is C15H22O8S. The molecule has 0 aromatic heterocycles. The van der Waals surface area contributed by atoms with Gasteiger partial charge in [-0.05, 0) is 6.42 Å². The normalized spacial score (nSPS) is 29.3. The van der Waals surface area contributed by atoms with Crippen molar-refractivity contribution in [2.24, 2.45) is 5.92 Å². The molecule has 24 heavy (non-hydrogen) atoms. The molecule has 0 amide bonds. The largest absolute Gasteiger partial charge is 0.465 e. The minimum atomic E-state index is -1.04. The summed E-state index contributed by atoms with van der Waals surface area (Å²) in [6.45, 7) is 4.85. The van der Waals surface area contributed by atoms with Crippen LogP contribution < -0.4 is 0 Å². The molecule has 1 saturated carbocycles. The van der Waals surface area contributed by atoms with E-state index < -0.39 is 53.4 Å². The molecule has 8 nitrogen and oxygen atoms in total. The summed E-state index contributed by atoms with van der Waals surface area (Å²) < 4.78 is 20.7. The fraction of sp³-hybridized carbons (Fsp3) is 0.733. The minimum absolute atomic E-state index is 0.0328. The van der Waals surface area contributed by atoms with E-state index in [1.54, 1.807) is 0 Å². The van der Waals surface area contributed by atoms with Gasteiger partial charge >= 0.3 is 23.9 Å². The van der Waals surface area contributed by atoms with Gasteiger partial charge in [0.15, 0.2) is 12.2 Å². The quantitative estimate of drug-likeness (QED) is 0.432. The van der Waals surface area contributed by atoms with Crippen molar-refractivity contribution >= 4 is 36.5 Å². The highest BCUT2D eigenvalue weighted by Crippen LogP contribution is 2.35. The van der Waals surface area contributed by atoms with E-state index in [4.69, 9.17) is 18.9 Å². The molecule has 1 aliphatic carbocycles. The van der Waals surface area contributed by atoms with Crippen molar-refractivity contribution in [3.63, 3.8) is 0 Å². The third-order valence-electron chi connectivity index (χ3n) is 3.44. The number of hydrogen-bond acceptors (Lipinski definition) is 9. The van der Waals surface area contributed by atoms with Gasteiger partial charge in [0.2, 0.25) is 0 Å². The Hall–Kier alpha value is -1.77. The van der Waals surface area contributed by atoms with Gasteiger partial charge < -0.3 is 18.9 Å². The lowest BCUT2D eigenvalue weighted by Crippen LogP contribution is -2.57. The van der Waals surface area contributed by atoms with Crippen LogP contribution in [0.5, 0.6) is 0 Å². The summed E-state index contributed by atoms with van der Waals surface area (Å²) >= 11 is 4.40. The zero-order chi connectivity index (χ0) is 18.4. The second kappa shape index (κ2) is 8.91. The molecule has 5 atom stereocenters. The Morgan fingerprint density at radius 3 is 1.71 bits per heavy atom. The van der Waals surface area contributed by atoms with Crippen molar-refractivity contribution in [3.05, 3.63) is 0 Å². The van der Waals surface area contributed by atoms with Crippen molar-refractivity contribution in [3.8, 4) is 0 Å². The van der Waals surface area contributed by atoms with Crippen LogP contribution in [0.25, 0.3) is 0 Å². The first-order valence-electron chi connectivity index (χ1n) is 7.45. The summed E-state index contributed by atoms with van der Waals surface area (Å²) in [5.74, 6) is -2.72. The molecular weight excluding hydrogens is 340 g/mol. The first kappa shape index (κ1) is 20.3. The SMILES string of the molecule is CC(=O)OCC1C[C@@H](S)[C@@H](OC(C)=O)C(OC(C)=O)[C@@H]1OC(C)=O. The van der Waals surface area contributed by atoms with Crippen LogP contribution >= 0.6 is 12.6 Å². The van der Waals surface area contributed by atoms with E-state index in [1.807, 2.05) is 0 Å². The van der Waals surface area contributed by atoms with Gasteiger partial charge in [0.25, 0.3) is 0 Å². The van der Waals surface area contributed by atoms with E-state index >= 15 is 0 Å². The molecule has 2 unspecified atom stereocenters. The standard InChI is InChI=1S/C15H22O8S/c1-7(16)20-6-11-5-12(24)14(22-9(3)18)15(23-10(4)19)13(11)21-8(2)17/h11-15,24H,5-6H2,1-4H3/t11?,12-,13-,14-,15?/m1/s1. The molecule has 9 heteroatoms. The predicted molar refractivity (Wildman–Crippen MR) is 84.2 cm³/mol. The Balaban J connectivity index is 3.11. The minimum Gasteiger partial charge on any atom is -0.465 e. The molecule has 0 saturated heterocycles. The van der Waals surface area contributed by atoms with E-state index in [0.717, 1.165) is 0 Å². The maximum absolute atomic E-state index is 11.4. The second-order valence-electron chi connectivity index (χ2n) is 5.59. The molecule has 0 aromatic rings. The highest BCUT2D eigenvalue weighted by atomic mass is 32.1. The van der Waals surface area contributed by atoms with Crippen molar-refractivity contribution < 1.29 is 38.1 Å². The summed E-state index contributed by atoms with van der Waals surface area (Å²) in [5, 5.41) is -0.481. The Bertz CT molecular complexity index is 506. The lowest BCUT2D eigenvalue weighted by atomic mass is 9.82. The molecule has 0 radical (unpaired) electrons. The van der Waals surface area contributed by atoms with Gasteiger partial charge in [-0.1, -0.05) is 0 Å². The fourth-order valence-electron chi connectivity index (χ4n) is 2.66. The van der Waals surface area contributed by atoms with Crippen LogP contribution in [0.1, 0.15) is 34.1 Å². The smallest absolute Gasteiger partial charge is 0.303 e. The molecule has 0 heterocycles. The molecule has 0 N–H and O–H groups in total. The first-order chi connectivity index (χ1) is 11.1. The first-order valence-corrected chi connectivity index (χ1v) is 7.96. The highest BCUT2D eigenvalue weighted by molar-refractivity contribution is 7.81. The summed E-state index contributed by atoms with van der Waals surface area (Å²) in [7, 11) is 0. The lowest BCUT2D eigenvalue weighted by Gasteiger charge is -2.43. The Kier molecular flexibility index (Phi) is 7.53. The van der Waals surface area contributed by atoms with E-state index in [9.17, 15) is 19.2 Å². The summed E-state index contributed by atoms with van der Waals surface area (Å²) in [6, 6.07) is 0. The van der Waals surface area contributed by atoms with E-state index in [1.165, 1.54) is 27.7 Å². The van der Waals surface area contributed by atoms with Gasteiger partial charge in [-0.2, -0.15) is 12.6 Å². The number of esters is 4. The zero-order valence-electron chi connectivity index (χ0n) is 14.0. The van der Waals surface area contributed by atoms with Crippen LogP contribution in [0, 0.1) is 5.92 Å². The molecule has 1 rings (SSSR count). The number of carbonyl (C=O) groups is 4. The predicted octanol–water partition coefficient (Wildman–Crippen LogP) is 0.663. The van der Waals surface area contributed by atoms with Crippen LogP contribution in [0.4, 0.5) is 0 Å². The van der Waals surface area contributed by atoms with Gasteiger partial charge in [-0.25, -0.2) is 0 Å². The average Bonchev–Trinajstić information content (AvgIpc) is 2.42. The number of ether oxygens (including phenoxy) is 4. The van der Waals surface area contributed by atoms with Gasteiger partial charge in [-0.3, -0.25) is 19.2 Å². The summed E-state index contributed by atoms with van der Waals surface area (Å²) in [5.41, 5.74) is 0. The van der Waals surface area contributed by atoms with E-state index in [2.05, 4.69) is 12.6 Å². The molecule has 0 aliphatic heterocycles. The van der Waals surface area contributed by atoms with E-state index in [-0.39, 0.29) is 6.61 Å². The number of thiol groups is 1. The van der Waals surface area contributed by atoms with Gasteiger partial charge in [0, 0.05) is 38.9 Å². The highest BCUT2D eigenvalue weighted by Gasteiger charge is 2.49. The molecule has 1 aliphatic rings. The van der Waals surface area contributed by atoms with Crippen LogP contribution in [0.2, 0.25) is 0 Å². The maximum atomic E-state index is 11.4. The molecule has 0 aromatic carbocycles. The zero-order valence-corrected chi connectivity index (χ0v) is 14.9. The lowest BCUT2D eigenvalue weighted by molar-refractivity contribution is -0.198. The fourth-order valence-corrected chi connectivity index (χ4v) is 3.16. The molecule has 136 valence electrons. The van der Waals surface area contributed by atoms with Crippen molar-refractivity contribution in [1.82, 2.24) is 0 Å². The van der Waals surface area contributed by atoms with Crippen LogP contribution in [-0.2, 0) is 38.1 Å². The molecule has 1 fully saturated rings. The summed E-state index contributed by atoms with van der Waals surface area (Å²) in [4.78, 5) is 45.3. The average molecular weight is 362 g/mol. The summed E-state index contributed by atoms with van der Waals surface area (Å²) in [6.07, 6.45) is -2.50. The van der Waals surface area contributed by atoms with Crippen molar-refractivity contribution in [2.45, 2.75) is 57.7 Å². The van der Waals surface area contributed by atoms with Crippen molar-refractivity contribution in [1.29, 1.82) is 0 Å². The van der Waals surface area contributed by atoms with Gasteiger partial charge in [0.1, 0.15) is 6.10 Å². The number of hydrogen-bond donors (Lipinski definition) is 1. The topological polar surface area (TPSA) is 105 Å². The third kappa shape index (κ3) is 6.03. The Morgan fingerprint density at radius 2 is 1.25 bits per heavy atom. The van der Waals surface area contributed by atoms with Crippen LogP contribution in [0.3, 0.4) is 0 Å². The van der Waals surface area contributed by atoms with Crippen LogP contribution in [-0.4, -0.2) is 54.0 Å². The Labute approximate surface area is 145 Å². The van der Waals surface area contributed by atoms with Crippen LogP contribution in [0.15, 0.2) is 0 Å². The number of rotatable bonds is 5. The molecule has 0 spiro atoms. The second-order valence-corrected chi connectivity index (χ2v) is 6.25. The number of carbonyl (C=O) groups excluding carboxylic acids is 4.